The summed E-state index contributed by atoms with van der Waals surface area (Å²) in [7, 11) is 0. The first-order chi connectivity index (χ1) is 9.50. The molecule has 0 saturated carbocycles. The van der Waals surface area contributed by atoms with Crippen LogP contribution < -0.4 is 16.0 Å². The summed E-state index contributed by atoms with van der Waals surface area (Å²) in [5, 5.41) is 10.7. The molecule has 1 saturated heterocycles. The third kappa shape index (κ3) is 12.6. The average molecular weight is 269 g/mol. The molecule has 1 rings (SSSR count). The van der Waals surface area contributed by atoms with Crippen LogP contribution in [0.25, 0.3) is 0 Å². The van der Waals surface area contributed by atoms with Crippen LogP contribution in [0.2, 0.25) is 0 Å². The van der Waals surface area contributed by atoms with E-state index in [-0.39, 0.29) is 0 Å². The Morgan fingerprint density at radius 2 is 0.474 bits per heavy atom. The van der Waals surface area contributed by atoms with Gasteiger partial charge in [0.05, 0.1) is 0 Å². The van der Waals surface area contributed by atoms with Gasteiger partial charge in [0.1, 0.15) is 0 Å². The van der Waals surface area contributed by atoms with Crippen molar-refractivity contribution in [3.63, 3.8) is 0 Å². The summed E-state index contributed by atoms with van der Waals surface area (Å²) in [6.45, 7) is 7.21. The molecule has 114 valence electrons. The van der Waals surface area contributed by atoms with E-state index in [0.717, 1.165) is 0 Å². The minimum absolute atomic E-state index is 1.19. The fourth-order valence-corrected chi connectivity index (χ4v) is 2.58. The van der Waals surface area contributed by atoms with Gasteiger partial charge in [-0.05, 0) is 77.8 Å². The first-order valence-electron chi connectivity index (χ1n) is 8.62. The second-order valence-corrected chi connectivity index (χ2v) is 5.79. The highest BCUT2D eigenvalue weighted by molar-refractivity contribution is 4.56. The van der Waals surface area contributed by atoms with Gasteiger partial charge in [0.15, 0.2) is 0 Å². The van der Waals surface area contributed by atoms with Crippen molar-refractivity contribution in [1.29, 1.82) is 0 Å². The van der Waals surface area contributed by atoms with Gasteiger partial charge in [0.2, 0.25) is 0 Å². The lowest BCUT2D eigenvalue weighted by Gasteiger charge is -2.06. The van der Waals surface area contributed by atoms with E-state index < -0.39 is 0 Å². The molecule has 19 heavy (non-hydrogen) atoms. The molecule has 1 fully saturated rings. The van der Waals surface area contributed by atoms with Crippen LogP contribution in [0, 0.1) is 0 Å². The zero-order valence-corrected chi connectivity index (χ0v) is 12.8. The van der Waals surface area contributed by atoms with Crippen molar-refractivity contribution in [1.82, 2.24) is 16.0 Å². The largest absolute Gasteiger partial charge is 0.317 e. The first-order valence-corrected chi connectivity index (χ1v) is 8.62. The predicted octanol–water partition coefficient (Wildman–Crippen LogP) is 2.67. The maximum absolute atomic E-state index is 3.56. The minimum atomic E-state index is 1.19. The van der Waals surface area contributed by atoms with Crippen molar-refractivity contribution in [2.24, 2.45) is 0 Å². The summed E-state index contributed by atoms with van der Waals surface area (Å²) in [5.74, 6) is 0. The van der Waals surface area contributed by atoms with Crippen molar-refractivity contribution in [2.45, 2.75) is 64.2 Å². The molecule has 3 N–H and O–H groups in total. The molecule has 0 aliphatic carbocycles. The van der Waals surface area contributed by atoms with E-state index in [0.29, 0.717) is 0 Å². The van der Waals surface area contributed by atoms with Crippen LogP contribution in [0.15, 0.2) is 0 Å². The van der Waals surface area contributed by atoms with E-state index >= 15 is 0 Å². The van der Waals surface area contributed by atoms with Crippen LogP contribution in [0.3, 0.4) is 0 Å². The van der Waals surface area contributed by atoms with Gasteiger partial charge in [0, 0.05) is 0 Å². The third-order valence-electron chi connectivity index (χ3n) is 3.87. The minimum Gasteiger partial charge on any atom is -0.317 e. The van der Waals surface area contributed by atoms with Crippen molar-refractivity contribution >= 4 is 0 Å². The van der Waals surface area contributed by atoms with Crippen molar-refractivity contribution in [2.75, 3.05) is 39.3 Å². The van der Waals surface area contributed by atoms with Crippen molar-refractivity contribution in [3.8, 4) is 0 Å². The van der Waals surface area contributed by atoms with Crippen molar-refractivity contribution < 1.29 is 0 Å². The summed E-state index contributed by atoms with van der Waals surface area (Å²) in [5.41, 5.74) is 0. The Balaban J connectivity index is 2.01. The van der Waals surface area contributed by atoms with Gasteiger partial charge in [-0.15, -0.1) is 0 Å². The van der Waals surface area contributed by atoms with Crippen LogP contribution in [0.4, 0.5) is 0 Å². The van der Waals surface area contributed by atoms with Gasteiger partial charge < -0.3 is 16.0 Å². The molecule has 3 heteroatoms. The molecule has 0 atom stereocenters. The van der Waals surface area contributed by atoms with E-state index in [1.807, 2.05) is 0 Å². The maximum atomic E-state index is 3.56. The molecular formula is C16H35N3. The molecule has 3 nitrogen and oxygen atoms in total. The molecule has 0 aromatic heterocycles. The Morgan fingerprint density at radius 1 is 0.263 bits per heavy atom. The normalized spacial score (nSPS) is 24.0. The molecule has 1 aliphatic heterocycles. The molecule has 0 amide bonds. The predicted molar refractivity (Wildman–Crippen MR) is 84.8 cm³/mol. The van der Waals surface area contributed by atoms with Crippen LogP contribution in [-0.2, 0) is 0 Å². The van der Waals surface area contributed by atoms with Crippen LogP contribution in [0.5, 0.6) is 0 Å². The van der Waals surface area contributed by atoms with E-state index in [4.69, 9.17) is 0 Å². The van der Waals surface area contributed by atoms with Gasteiger partial charge in [-0.25, -0.2) is 0 Å². The van der Waals surface area contributed by atoms with Gasteiger partial charge in [0.25, 0.3) is 0 Å². The third-order valence-corrected chi connectivity index (χ3v) is 3.87. The van der Waals surface area contributed by atoms with E-state index in [1.165, 1.54) is 103 Å². The van der Waals surface area contributed by atoms with Gasteiger partial charge in [-0.3, -0.25) is 0 Å². The number of hydrogen-bond acceptors (Lipinski definition) is 3. The Bertz CT molecular complexity index is 92.7. The average Bonchev–Trinajstić information content (AvgIpc) is 2.43. The van der Waals surface area contributed by atoms with Crippen molar-refractivity contribution in [3.05, 3.63) is 0 Å². The molecule has 0 aromatic carbocycles. The monoisotopic (exact) mass is 269 g/mol. The topological polar surface area (TPSA) is 36.1 Å². The highest BCUT2D eigenvalue weighted by Gasteiger charge is 1.95. The summed E-state index contributed by atoms with van der Waals surface area (Å²) >= 11 is 0. The number of rotatable bonds is 0. The lowest BCUT2D eigenvalue weighted by Crippen LogP contribution is -2.21. The molecule has 0 spiro atoms. The second kappa shape index (κ2) is 14.3. The molecule has 0 unspecified atom stereocenters. The fraction of sp³-hybridized carbons (Fsp3) is 1.00. The SMILES string of the molecule is C1CCCCNCCCCNCCCCNCCC1. The molecule has 1 aliphatic rings. The van der Waals surface area contributed by atoms with Gasteiger partial charge in [-0.2, -0.15) is 0 Å². The van der Waals surface area contributed by atoms with Gasteiger partial charge >= 0.3 is 0 Å². The van der Waals surface area contributed by atoms with Crippen LogP contribution >= 0.6 is 0 Å². The Labute approximate surface area is 120 Å². The zero-order chi connectivity index (χ0) is 13.4. The highest BCUT2D eigenvalue weighted by atomic mass is 14.9. The molecule has 0 bridgehead atoms. The lowest BCUT2D eigenvalue weighted by molar-refractivity contribution is 0.543. The van der Waals surface area contributed by atoms with E-state index in [1.54, 1.807) is 0 Å². The fourth-order valence-electron chi connectivity index (χ4n) is 2.58. The lowest BCUT2D eigenvalue weighted by atomic mass is 10.1. The van der Waals surface area contributed by atoms with Crippen LogP contribution in [0.1, 0.15) is 64.2 Å². The Hall–Kier alpha value is -0.120. The summed E-state index contributed by atoms with van der Waals surface area (Å²) in [6.07, 6.45) is 13.6. The van der Waals surface area contributed by atoms with Crippen LogP contribution in [-0.4, -0.2) is 39.3 Å². The molecular weight excluding hydrogens is 234 g/mol. The summed E-state index contributed by atoms with van der Waals surface area (Å²) in [4.78, 5) is 0. The Kier molecular flexibility index (Phi) is 12.7. The smallest absolute Gasteiger partial charge is 0.00484 e. The summed E-state index contributed by atoms with van der Waals surface area (Å²) < 4.78 is 0. The first kappa shape index (κ1) is 16.9. The highest BCUT2D eigenvalue weighted by Crippen LogP contribution is 2.04. The molecule has 1 heterocycles. The standard InChI is InChI=1S/C16H35N3/c1-2-4-6-12-18-14-8-10-16-19-15-9-7-13-17-11-5-3-1/h17-19H,1-16H2. The maximum Gasteiger partial charge on any atom is -0.00484 e. The second-order valence-electron chi connectivity index (χ2n) is 5.79. The molecule has 0 radical (unpaired) electrons. The van der Waals surface area contributed by atoms with E-state index in [9.17, 15) is 0 Å². The quantitative estimate of drug-likeness (QED) is 0.633. The number of nitrogens with one attached hydrogen (secondary N) is 3. The Morgan fingerprint density at radius 3 is 0.789 bits per heavy atom. The van der Waals surface area contributed by atoms with E-state index in [2.05, 4.69) is 16.0 Å². The molecule has 0 aromatic rings. The zero-order valence-electron chi connectivity index (χ0n) is 12.8. The number of hydrogen-bond donors (Lipinski definition) is 3. The summed E-state index contributed by atoms with van der Waals surface area (Å²) in [6, 6.07) is 0. The van der Waals surface area contributed by atoms with Gasteiger partial charge in [-0.1, -0.05) is 25.7 Å².